The van der Waals surface area contributed by atoms with Crippen LogP contribution in [0, 0.1) is 0 Å². The predicted molar refractivity (Wildman–Crippen MR) is 80.5 cm³/mol. The molecule has 6 heteroatoms. The molecule has 2 N–H and O–H groups in total. The van der Waals surface area contributed by atoms with Gasteiger partial charge >= 0.3 is 5.97 Å². The van der Waals surface area contributed by atoms with Gasteiger partial charge in [-0.1, -0.05) is 12.1 Å². The van der Waals surface area contributed by atoms with Gasteiger partial charge in [0.15, 0.2) is 0 Å². The zero-order chi connectivity index (χ0) is 16.1. The third kappa shape index (κ3) is 3.63. The lowest BCUT2D eigenvalue weighted by Gasteiger charge is -2.23. The van der Waals surface area contributed by atoms with E-state index in [9.17, 15) is 14.4 Å². The molecule has 0 spiro atoms. The van der Waals surface area contributed by atoms with Gasteiger partial charge < -0.3 is 15.3 Å². The second kappa shape index (κ2) is 7.06. The highest BCUT2D eigenvalue weighted by Crippen LogP contribution is 2.19. The number of amides is 2. The molecule has 0 aromatic heterocycles. The molecule has 0 aliphatic carbocycles. The van der Waals surface area contributed by atoms with Gasteiger partial charge in [0, 0.05) is 20.0 Å². The first-order chi connectivity index (χ1) is 10.5. The molecule has 6 nitrogen and oxygen atoms in total. The highest BCUT2D eigenvalue weighted by molar-refractivity contribution is 5.88. The minimum absolute atomic E-state index is 0.0339. The molecule has 1 fully saturated rings. The second-order valence-electron chi connectivity index (χ2n) is 5.36. The van der Waals surface area contributed by atoms with Gasteiger partial charge in [0.2, 0.25) is 11.8 Å². The first kappa shape index (κ1) is 16.0. The first-order valence-electron chi connectivity index (χ1n) is 7.36. The Morgan fingerprint density at radius 1 is 1.27 bits per heavy atom. The van der Waals surface area contributed by atoms with Crippen molar-refractivity contribution in [1.29, 1.82) is 0 Å². The minimum atomic E-state index is -0.965. The van der Waals surface area contributed by atoms with Crippen LogP contribution in [-0.4, -0.2) is 47.4 Å². The highest BCUT2D eigenvalue weighted by atomic mass is 16.4. The lowest BCUT2D eigenvalue weighted by molar-refractivity contribution is -0.138. The number of rotatable bonds is 5. The van der Waals surface area contributed by atoms with Crippen LogP contribution in [0.4, 0.5) is 0 Å². The topological polar surface area (TPSA) is 86.7 Å². The van der Waals surface area contributed by atoms with Crippen LogP contribution in [0.3, 0.4) is 0 Å². The Balaban J connectivity index is 1.92. The number of hydrogen-bond acceptors (Lipinski definition) is 3. The van der Waals surface area contributed by atoms with Gasteiger partial charge in [0.05, 0.1) is 5.56 Å². The normalized spacial score (nSPS) is 17.3. The molecule has 1 aliphatic heterocycles. The number of hydrogen-bond donors (Lipinski definition) is 2. The molecule has 1 saturated heterocycles. The van der Waals surface area contributed by atoms with Crippen LogP contribution in [0.25, 0.3) is 0 Å². The van der Waals surface area contributed by atoms with E-state index in [-0.39, 0.29) is 23.4 Å². The van der Waals surface area contributed by atoms with Gasteiger partial charge in [0.1, 0.15) is 6.04 Å². The Morgan fingerprint density at radius 2 is 1.95 bits per heavy atom. The van der Waals surface area contributed by atoms with E-state index in [0.29, 0.717) is 25.8 Å². The molecule has 1 aromatic carbocycles. The second-order valence-corrected chi connectivity index (χ2v) is 5.36. The number of benzene rings is 1. The number of likely N-dealkylation sites (tertiary alicyclic amines) is 1. The van der Waals surface area contributed by atoms with Crippen molar-refractivity contribution < 1.29 is 19.5 Å². The molecule has 1 heterocycles. The van der Waals surface area contributed by atoms with E-state index in [1.807, 2.05) is 0 Å². The summed E-state index contributed by atoms with van der Waals surface area (Å²) in [4.78, 5) is 36.4. The standard InChI is InChI=1S/C16H20N2O4/c1-17-15(20)13-3-2-10-18(13)14(19)9-6-11-4-7-12(8-5-11)16(21)22/h4-5,7-8,13H,2-3,6,9-10H2,1H3,(H,17,20)(H,21,22). The molecule has 0 saturated carbocycles. The molecule has 118 valence electrons. The number of carbonyl (C=O) groups excluding carboxylic acids is 2. The molecule has 2 amide bonds. The number of carboxylic acid groups (broad SMARTS) is 1. The predicted octanol–water partition coefficient (Wildman–Crippen LogP) is 1.05. The summed E-state index contributed by atoms with van der Waals surface area (Å²) in [7, 11) is 1.58. The van der Waals surface area contributed by atoms with E-state index >= 15 is 0 Å². The molecule has 0 radical (unpaired) electrons. The number of aryl methyl sites for hydroxylation is 1. The van der Waals surface area contributed by atoms with Crippen molar-refractivity contribution >= 4 is 17.8 Å². The van der Waals surface area contributed by atoms with Crippen LogP contribution >= 0.6 is 0 Å². The molecular formula is C16H20N2O4. The largest absolute Gasteiger partial charge is 0.478 e. The highest BCUT2D eigenvalue weighted by Gasteiger charge is 2.32. The molecule has 0 bridgehead atoms. The Bertz CT molecular complexity index is 568. The van der Waals surface area contributed by atoms with Gasteiger partial charge in [-0.15, -0.1) is 0 Å². The van der Waals surface area contributed by atoms with Gasteiger partial charge in [-0.25, -0.2) is 4.79 Å². The van der Waals surface area contributed by atoms with Crippen LogP contribution in [0.5, 0.6) is 0 Å². The van der Waals surface area contributed by atoms with Crippen molar-refractivity contribution in [2.45, 2.75) is 31.7 Å². The average Bonchev–Trinajstić information content (AvgIpc) is 3.01. The monoisotopic (exact) mass is 304 g/mol. The number of nitrogens with one attached hydrogen (secondary N) is 1. The summed E-state index contributed by atoms with van der Waals surface area (Å²) in [6, 6.07) is 6.15. The van der Waals surface area contributed by atoms with Crippen molar-refractivity contribution in [2.75, 3.05) is 13.6 Å². The summed E-state index contributed by atoms with van der Waals surface area (Å²) in [6.07, 6.45) is 2.41. The van der Waals surface area contributed by atoms with Crippen LogP contribution in [0.1, 0.15) is 35.2 Å². The summed E-state index contributed by atoms with van der Waals surface area (Å²) in [5.74, 6) is -1.11. The Labute approximate surface area is 129 Å². The number of carboxylic acids is 1. The smallest absolute Gasteiger partial charge is 0.335 e. The quantitative estimate of drug-likeness (QED) is 0.851. The molecule has 1 atom stereocenters. The van der Waals surface area contributed by atoms with E-state index in [0.717, 1.165) is 12.0 Å². The van der Waals surface area contributed by atoms with Crippen molar-refractivity contribution in [3.05, 3.63) is 35.4 Å². The molecule has 1 aliphatic rings. The lowest BCUT2D eigenvalue weighted by Crippen LogP contribution is -2.44. The zero-order valence-electron chi connectivity index (χ0n) is 12.5. The molecular weight excluding hydrogens is 284 g/mol. The number of likely N-dealkylation sites (N-methyl/N-ethyl adjacent to an activating group) is 1. The van der Waals surface area contributed by atoms with E-state index in [4.69, 9.17) is 5.11 Å². The van der Waals surface area contributed by atoms with Crippen LogP contribution in [0.2, 0.25) is 0 Å². The van der Waals surface area contributed by atoms with Gasteiger partial charge in [0.25, 0.3) is 0 Å². The maximum atomic E-state index is 12.3. The zero-order valence-corrected chi connectivity index (χ0v) is 12.5. The number of nitrogens with zero attached hydrogens (tertiary/aromatic N) is 1. The Kier molecular flexibility index (Phi) is 5.14. The van der Waals surface area contributed by atoms with Crippen molar-refractivity contribution in [2.24, 2.45) is 0 Å². The fourth-order valence-corrected chi connectivity index (χ4v) is 2.71. The average molecular weight is 304 g/mol. The molecule has 1 unspecified atom stereocenters. The fraction of sp³-hybridized carbons (Fsp3) is 0.438. The third-order valence-corrected chi connectivity index (χ3v) is 3.95. The molecule has 2 rings (SSSR count). The van der Waals surface area contributed by atoms with Crippen molar-refractivity contribution in [3.8, 4) is 0 Å². The van der Waals surface area contributed by atoms with Crippen LogP contribution in [0.15, 0.2) is 24.3 Å². The van der Waals surface area contributed by atoms with E-state index < -0.39 is 5.97 Å². The van der Waals surface area contributed by atoms with Crippen LogP contribution < -0.4 is 5.32 Å². The van der Waals surface area contributed by atoms with Crippen molar-refractivity contribution in [1.82, 2.24) is 10.2 Å². The first-order valence-corrected chi connectivity index (χ1v) is 7.36. The van der Waals surface area contributed by atoms with E-state index in [1.165, 1.54) is 12.1 Å². The maximum absolute atomic E-state index is 12.3. The minimum Gasteiger partial charge on any atom is -0.478 e. The van der Waals surface area contributed by atoms with Gasteiger partial charge in [-0.3, -0.25) is 9.59 Å². The summed E-state index contributed by atoms with van der Waals surface area (Å²) in [5.41, 5.74) is 1.14. The summed E-state index contributed by atoms with van der Waals surface area (Å²) in [6.45, 7) is 0.620. The lowest BCUT2D eigenvalue weighted by atomic mass is 10.1. The maximum Gasteiger partial charge on any atom is 0.335 e. The van der Waals surface area contributed by atoms with Crippen molar-refractivity contribution in [3.63, 3.8) is 0 Å². The number of carbonyl (C=O) groups is 3. The molecule has 22 heavy (non-hydrogen) atoms. The van der Waals surface area contributed by atoms with E-state index in [1.54, 1.807) is 24.1 Å². The van der Waals surface area contributed by atoms with Crippen LogP contribution in [-0.2, 0) is 16.0 Å². The van der Waals surface area contributed by atoms with E-state index in [2.05, 4.69) is 5.32 Å². The summed E-state index contributed by atoms with van der Waals surface area (Å²) < 4.78 is 0. The summed E-state index contributed by atoms with van der Waals surface area (Å²) in [5, 5.41) is 11.4. The third-order valence-electron chi connectivity index (χ3n) is 3.95. The number of aromatic carboxylic acids is 1. The molecule has 1 aromatic rings. The fourth-order valence-electron chi connectivity index (χ4n) is 2.71. The Morgan fingerprint density at radius 3 is 2.55 bits per heavy atom. The van der Waals surface area contributed by atoms with Gasteiger partial charge in [-0.05, 0) is 37.0 Å². The SMILES string of the molecule is CNC(=O)C1CCCN1C(=O)CCc1ccc(C(=O)O)cc1. The summed E-state index contributed by atoms with van der Waals surface area (Å²) >= 11 is 0. The Hall–Kier alpha value is -2.37. The van der Waals surface area contributed by atoms with Gasteiger partial charge in [-0.2, -0.15) is 0 Å².